The number of carbonyl (C=O) groups is 3. The van der Waals surface area contributed by atoms with Crippen molar-refractivity contribution < 1.29 is 37.1 Å². The topological polar surface area (TPSA) is 94.0 Å². The van der Waals surface area contributed by atoms with Gasteiger partial charge in [-0.05, 0) is 62.5 Å². The van der Waals surface area contributed by atoms with Crippen molar-refractivity contribution in [2.24, 2.45) is 22.7 Å². The molecule has 6 rings (SSSR count). The molecule has 2 aliphatic carbocycles. The molecule has 0 radical (unpaired) electrons. The number of ether oxygens (including phenoxy) is 2. The highest BCUT2D eigenvalue weighted by Crippen LogP contribution is 2.54. The number of halogens is 3. The molecule has 9 nitrogen and oxygen atoms in total. The van der Waals surface area contributed by atoms with Crippen molar-refractivity contribution in [2.45, 2.75) is 90.8 Å². The third kappa shape index (κ3) is 6.93. The Morgan fingerprint density at radius 3 is 2.30 bits per heavy atom. The first-order valence-electron chi connectivity index (χ1n) is 16.6. The number of benzene rings is 1. The van der Waals surface area contributed by atoms with Gasteiger partial charge in [-0.1, -0.05) is 36.5 Å². The highest BCUT2D eigenvalue weighted by atomic mass is 19.3. The molecule has 0 bridgehead atoms. The van der Waals surface area contributed by atoms with Crippen LogP contribution >= 0.6 is 0 Å². The van der Waals surface area contributed by atoms with Gasteiger partial charge in [0.25, 0.3) is 5.91 Å². The molecule has 2 aliphatic heterocycles. The molecular weight excluding hydrogens is 613 g/mol. The van der Waals surface area contributed by atoms with Crippen LogP contribution in [0.2, 0.25) is 0 Å². The summed E-state index contributed by atoms with van der Waals surface area (Å²) in [7, 11) is 0. The maximum Gasteiger partial charge on any atom is 0.339 e. The van der Waals surface area contributed by atoms with E-state index in [-0.39, 0.29) is 89.8 Å². The Balaban J connectivity index is 1.19. The van der Waals surface area contributed by atoms with Crippen LogP contribution in [0.15, 0.2) is 30.6 Å². The lowest BCUT2D eigenvalue weighted by molar-refractivity contribution is -0.148. The number of alkyl halides is 2. The average Bonchev–Trinajstić information content (AvgIpc) is 3.26. The van der Waals surface area contributed by atoms with Gasteiger partial charge in [-0.15, -0.1) is 4.90 Å². The van der Waals surface area contributed by atoms with Crippen LogP contribution in [0.4, 0.5) is 13.3 Å². The minimum atomic E-state index is -2.70. The predicted molar refractivity (Wildman–Crippen MR) is 166 cm³/mol. The largest absolute Gasteiger partial charge is 0.456 e. The first-order chi connectivity index (χ1) is 22.0. The Kier molecular flexibility index (Phi) is 8.50. The molecular formula is C35H45F3N4O5. The molecule has 2 atom stereocenters. The highest BCUT2D eigenvalue weighted by molar-refractivity contribution is 5.94. The van der Waals surface area contributed by atoms with Gasteiger partial charge in [-0.3, -0.25) is 9.59 Å². The van der Waals surface area contributed by atoms with E-state index in [4.69, 9.17) is 9.47 Å². The lowest BCUT2D eigenvalue weighted by atomic mass is 9.71. The lowest BCUT2D eigenvalue weighted by Crippen LogP contribution is -2.63. The summed E-state index contributed by atoms with van der Waals surface area (Å²) >= 11 is 0. The number of aromatic nitrogens is 2. The van der Waals surface area contributed by atoms with E-state index in [1.165, 1.54) is 6.20 Å². The molecule has 1 aromatic heterocycles. The smallest absolute Gasteiger partial charge is 0.339 e. The summed E-state index contributed by atoms with van der Waals surface area (Å²) in [6.45, 7) is 11.7. The van der Waals surface area contributed by atoms with Gasteiger partial charge < -0.3 is 19.3 Å². The Morgan fingerprint density at radius 1 is 1.04 bits per heavy atom. The zero-order valence-corrected chi connectivity index (χ0v) is 27.9. The van der Waals surface area contributed by atoms with Crippen molar-refractivity contribution in [3.05, 3.63) is 52.8 Å². The van der Waals surface area contributed by atoms with E-state index < -0.39 is 17.5 Å². The van der Waals surface area contributed by atoms with E-state index in [2.05, 4.69) is 18.9 Å². The van der Waals surface area contributed by atoms with Crippen LogP contribution < -0.4 is 0 Å². The van der Waals surface area contributed by atoms with E-state index in [0.717, 1.165) is 12.6 Å². The maximum absolute atomic E-state index is 14.0. The molecule has 47 heavy (non-hydrogen) atoms. The second kappa shape index (κ2) is 11.9. The van der Waals surface area contributed by atoms with E-state index >= 15 is 0 Å². The van der Waals surface area contributed by atoms with Crippen molar-refractivity contribution in [2.75, 3.05) is 32.8 Å². The SMILES string of the molecule is CC(C)(C)OC(=O)c1c(COCC2CN(C(=O)c3cnn(F)c3)CC23CN(C(=O)[C@H]2CC2(C)C)C3)cccc1C1CCC(F)(F)CC1. The highest BCUT2D eigenvalue weighted by Gasteiger charge is 2.60. The number of hydrogen-bond acceptors (Lipinski definition) is 6. The van der Waals surface area contributed by atoms with Gasteiger partial charge >= 0.3 is 5.97 Å². The summed E-state index contributed by atoms with van der Waals surface area (Å²) in [5.41, 5.74) is 0.711. The van der Waals surface area contributed by atoms with Crippen molar-refractivity contribution in [1.29, 1.82) is 0 Å². The van der Waals surface area contributed by atoms with E-state index in [1.54, 1.807) is 31.7 Å². The molecule has 1 spiro atoms. The monoisotopic (exact) mass is 658 g/mol. The molecule has 2 saturated carbocycles. The molecule has 1 unspecified atom stereocenters. The number of esters is 1. The number of rotatable bonds is 8. The zero-order valence-electron chi connectivity index (χ0n) is 27.9. The minimum Gasteiger partial charge on any atom is -0.456 e. The van der Waals surface area contributed by atoms with Crippen molar-refractivity contribution in [3.63, 3.8) is 0 Å². The average molecular weight is 659 g/mol. The summed E-state index contributed by atoms with van der Waals surface area (Å²) in [4.78, 5) is 43.7. The van der Waals surface area contributed by atoms with Crippen LogP contribution in [0.1, 0.15) is 104 Å². The number of nitrogens with zero attached hydrogens (tertiary/aromatic N) is 4. The molecule has 2 saturated heterocycles. The van der Waals surface area contributed by atoms with Gasteiger partial charge in [0.05, 0.1) is 36.7 Å². The number of hydrogen-bond donors (Lipinski definition) is 0. The summed E-state index contributed by atoms with van der Waals surface area (Å²) < 4.78 is 53.7. The number of likely N-dealkylation sites (tertiary alicyclic amines) is 2. The Morgan fingerprint density at radius 2 is 1.70 bits per heavy atom. The summed E-state index contributed by atoms with van der Waals surface area (Å²) in [5.74, 6) is -3.69. The summed E-state index contributed by atoms with van der Waals surface area (Å²) in [6, 6.07) is 5.45. The van der Waals surface area contributed by atoms with Gasteiger partial charge in [-0.25, -0.2) is 13.6 Å². The third-order valence-electron chi connectivity index (χ3n) is 10.6. The Labute approximate surface area is 273 Å². The molecule has 0 N–H and O–H groups in total. The second-order valence-electron chi connectivity index (χ2n) is 15.8. The van der Waals surface area contributed by atoms with Crippen molar-refractivity contribution >= 4 is 17.8 Å². The standard InChI is InChI=1S/C35H45F3N4O5/c1-32(2,3)47-31(45)28-23(7-6-8-26(28)22-9-11-35(36,37)12-10-22)17-46-18-25-16-40(29(43)24-14-39-42(38)15-24)19-34(25)20-41(21-34)30(44)27-13-33(27,4)5/h6-8,14-15,22,25,27H,9-13,16-21H2,1-5H3/t25?,27-/m1/s1. The molecule has 2 amide bonds. The van der Waals surface area contributed by atoms with Gasteiger partial charge in [0.2, 0.25) is 11.8 Å². The van der Waals surface area contributed by atoms with Gasteiger partial charge in [0.1, 0.15) is 5.60 Å². The zero-order chi connectivity index (χ0) is 33.9. The van der Waals surface area contributed by atoms with Crippen LogP contribution in [0.3, 0.4) is 0 Å². The van der Waals surface area contributed by atoms with Crippen molar-refractivity contribution in [3.8, 4) is 0 Å². The van der Waals surface area contributed by atoms with Gasteiger partial charge in [0, 0.05) is 56.3 Å². The van der Waals surface area contributed by atoms with Gasteiger partial charge in [0.15, 0.2) is 0 Å². The second-order valence-corrected chi connectivity index (χ2v) is 15.8. The van der Waals surface area contributed by atoms with E-state index in [1.807, 2.05) is 17.0 Å². The molecule has 3 heterocycles. The van der Waals surface area contributed by atoms with Gasteiger partial charge in [-0.2, -0.15) is 5.10 Å². The lowest BCUT2D eigenvalue weighted by Gasteiger charge is -2.51. The molecule has 1 aromatic carbocycles. The number of amides is 2. The fourth-order valence-electron chi connectivity index (χ4n) is 7.67. The fourth-order valence-corrected chi connectivity index (χ4v) is 7.67. The van der Waals surface area contributed by atoms with Crippen LogP contribution in [0.25, 0.3) is 0 Å². The summed E-state index contributed by atoms with van der Waals surface area (Å²) in [5, 5.41) is 3.50. The van der Waals surface area contributed by atoms with Crippen molar-refractivity contribution in [1.82, 2.24) is 19.8 Å². The Hall–Kier alpha value is -3.41. The molecule has 256 valence electrons. The van der Waals surface area contributed by atoms with Crippen LogP contribution in [-0.4, -0.2) is 81.9 Å². The molecule has 4 aliphatic rings. The van der Waals surface area contributed by atoms with E-state index in [9.17, 15) is 27.6 Å². The fraction of sp³-hybridized carbons (Fsp3) is 0.657. The maximum atomic E-state index is 14.0. The minimum absolute atomic E-state index is 0.00539. The van der Waals surface area contributed by atoms with Crippen LogP contribution in [0.5, 0.6) is 0 Å². The predicted octanol–water partition coefficient (Wildman–Crippen LogP) is 6.03. The normalized spacial score (nSPS) is 24.7. The van der Waals surface area contributed by atoms with Crippen LogP contribution in [0, 0.1) is 22.7 Å². The quantitative estimate of drug-likeness (QED) is 0.322. The first-order valence-corrected chi connectivity index (χ1v) is 16.6. The molecule has 4 fully saturated rings. The van der Waals surface area contributed by atoms with Crippen LogP contribution in [-0.2, 0) is 20.9 Å². The molecule has 2 aromatic rings. The Bertz CT molecular complexity index is 1530. The number of carbonyl (C=O) groups excluding carboxylic acids is 3. The third-order valence-corrected chi connectivity index (χ3v) is 10.6. The molecule has 12 heteroatoms. The summed E-state index contributed by atoms with van der Waals surface area (Å²) in [6.07, 6.45) is 3.20. The van der Waals surface area contributed by atoms with E-state index in [0.29, 0.717) is 42.9 Å². The first kappa shape index (κ1) is 33.5.